The summed E-state index contributed by atoms with van der Waals surface area (Å²) in [6.07, 6.45) is 0.888. The number of aromatic nitrogens is 3. The van der Waals surface area contributed by atoms with Crippen LogP contribution in [0.2, 0.25) is 0 Å². The Bertz CT molecular complexity index is 292. The quantitative estimate of drug-likeness (QED) is 0.663. The summed E-state index contributed by atoms with van der Waals surface area (Å²) in [5, 5.41) is 4.04. The van der Waals surface area contributed by atoms with Gasteiger partial charge in [-0.25, -0.2) is 4.98 Å². The van der Waals surface area contributed by atoms with Gasteiger partial charge in [0.25, 0.3) is 0 Å². The number of carbonyl (C=O) groups is 1. The molecule has 0 aromatic carbocycles. The molecule has 0 aliphatic heterocycles. The summed E-state index contributed by atoms with van der Waals surface area (Å²) >= 11 is 0. The number of nitrogens with zero attached hydrogens (tertiary/aromatic N) is 3. The molecule has 5 heteroatoms. The zero-order valence-electron chi connectivity index (χ0n) is 7.24. The van der Waals surface area contributed by atoms with Crippen molar-refractivity contribution >= 4 is 5.91 Å². The lowest BCUT2D eigenvalue weighted by atomic mass is 10.3. The number of carbonyl (C=O) groups excluding carboxylic acids is 1. The number of hydrogen-bond donors (Lipinski definition) is 1. The number of nitrogens with two attached hydrogens (primary N) is 1. The van der Waals surface area contributed by atoms with Crippen molar-refractivity contribution in [3.8, 4) is 0 Å². The minimum Gasteiger partial charge on any atom is -0.370 e. The molecule has 0 aliphatic carbocycles. The van der Waals surface area contributed by atoms with E-state index in [1.54, 1.807) is 11.7 Å². The lowest BCUT2D eigenvalue weighted by molar-refractivity contribution is -0.118. The standard InChI is InChI=1S/C7H12N4O/c1-5-9-7(11(2)10-5)4-3-6(8)12/h3-4H2,1-2H3,(H2,8,12). The highest BCUT2D eigenvalue weighted by atomic mass is 16.1. The molecular formula is C7H12N4O. The van der Waals surface area contributed by atoms with Gasteiger partial charge in [0, 0.05) is 19.9 Å². The van der Waals surface area contributed by atoms with Crippen LogP contribution in [0.15, 0.2) is 0 Å². The van der Waals surface area contributed by atoms with E-state index < -0.39 is 0 Å². The fourth-order valence-corrected chi connectivity index (χ4v) is 1.01. The minimum absolute atomic E-state index is 0.310. The lowest BCUT2D eigenvalue weighted by Gasteiger charge is -1.95. The van der Waals surface area contributed by atoms with Gasteiger partial charge in [-0.05, 0) is 6.92 Å². The highest BCUT2D eigenvalue weighted by molar-refractivity contribution is 5.73. The molecule has 0 aliphatic rings. The summed E-state index contributed by atoms with van der Waals surface area (Å²) in [6.45, 7) is 1.81. The fourth-order valence-electron chi connectivity index (χ4n) is 1.01. The first kappa shape index (κ1) is 8.70. The van der Waals surface area contributed by atoms with Gasteiger partial charge in [0.05, 0.1) is 0 Å². The van der Waals surface area contributed by atoms with Crippen LogP contribution >= 0.6 is 0 Å². The average Bonchev–Trinajstić information content (AvgIpc) is 2.26. The van der Waals surface area contributed by atoms with Crippen molar-refractivity contribution < 1.29 is 4.79 Å². The second-order valence-corrected chi connectivity index (χ2v) is 2.67. The third kappa shape index (κ3) is 2.05. The normalized spacial score (nSPS) is 10.2. The van der Waals surface area contributed by atoms with Crippen molar-refractivity contribution in [2.75, 3.05) is 0 Å². The van der Waals surface area contributed by atoms with Crippen molar-refractivity contribution in [2.24, 2.45) is 12.8 Å². The minimum atomic E-state index is -0.310. The van der Waals surface area contributed by atoms with E-state index in [1.165, 1.54) is 0 Å². The van der Waals surface area contributed by atoms with Gasteiger partial charge in [0.1, 0.15) is 11.6 Å². The highest BCUT2D eigenvalue weighted by Gasteiger charge is 2.04. The van der Waals surface area contributed by atoms with Crippen LogP contribution in [0.1, 0.15) is 18.1 Å². The van der Waals surface area contributed by atoms with Gasteiger partial charge >= 0.3 is 0 Å². The molecule has 0 spiro atoms. The summed E-state index contributed by atoms with van der Waals surface area (Å²) in [5.41, 5.74) is 5.00. The van der Waals surface area contributed by atoms with Crippen molar-refractivity contribution in [2.45, 2.75) is 19.8 Å². The van der Waals surface area contributed by atoms with Crippen LogP contribution in [-0.2, 0) is 18.3 Å². The third-order valence-electron chi connectivity index (χ3n) is 1.55. The van der Waals surface area contributed by atoms with Crippen LogP contribution in [0.3, 0.4) is 0 Å². The van der Waals surface area contributed by atoms with Crippen LogP contribution in [0, 0.1) is 6.92 Å². The fraction of sp³-hybridized carbons (Fsp3) is 0.571. The van der Waals surface area contributed by atoms with Gasteiger partial charge in [-0.15, -0.1) is 0 Å². The van der Waals surface area contributed by atoms with Gasteiger partial charge in [-0.1, -0.05) is 0 Å². The van der Waals surface area contributed by atoms with E-state index in [4.69, 9.17) is 5.73 Å². The van der Waals surface area contributed by atoms with Crippen LogP contribution < -0.4 is 5.73 Å². The Labute approximate surface area is 70.6 Å². The van der Waals surface area contributed by atoms with E-state index in [9.17, 15) is 4.79 Å². The Hall–Kier alpha value is -1.39. The smallest absolute Gasteiger partial charge is 0.217 e. The maximum Gasteiger partial charge on any atom is 0.217 e. The molecule has 0 fully saturated rings. The maximum absolute atomic E-state index is 10.5. The van der Waals surface area contributed by atoms with Gasteiger partial charge in [-0.2, -0.15) is 5.10 Å². The van der Waals surface area contributed by atoms with Crippen LogP contribution in [0.25, 0.3) is 0 Å². The number of rotatable bonds is 3. The SMILES string of the molecule is Cc1nc(CCC(N)=O)n(C)n1. The van der Waals surface area contributed by atoms with Gasteiger partial charge in [-0.3, -0.25) is 9.48 Å². The molecule has 0 radical (unpaired) electrons. The Morgan fingerprint density at radius 1 is 1.67 bits per heavy atom. The van der Waals surface area contributed by atoms with Crippen molar-refractivity contribution in [3.63, 3.8) is 0 Å². The molecule has 0 saturated carbocycles. The van der Waals surface area contributed by atoms with E-state index in [-0.39, 0.29) is 5.91 Å². The number of amides is 1. The van der Waals surface area contributed by atoms with E-state index in [0.717, 1.165) is 11.6 Å². The van der Waals surface area contributed by atoms with Crippen LogP contribution in [0.4, 0.5) is 0 Å². The average molecular weight is 168 g/mol. The first-order valence-corrected chi connectivity index (χ1v) is 3.74. The second-order valence-electron chi connectivity index (χ2n) is 2.67. The molecule has 1 rings (SSSR count). The van der Waals surface area contributed by atoms with E-state index >= 15 is 0 Å². The summed E-state index contributed by atoms with van der Waals surface area (Å²) < 4.78 is 1.66. The van der Waals surface area contributed by atoms with Crippen LogP contribution in [0.5, 0.6) is 0 Å². The Morgan fingerprint density at radius 3 is 2.75 bits per heavy atom. The Kier molecular flexibility index (Phi) is 2.42. The zero-order valence-corrected chi connectivity index (χ0v) is 7.24. The number of primary amides is 1. The summed E-state index contributed by atoms with van der Waals surface area (Å²) in [4.78, 5) is 14.6. The molecule has 1 aromatic heterocycles. The second kappa shape index (κ2) is 3.34. The van der Waals surface area contributed by atoms with Gasteiger partial charge in [0.2, 0.25) is 5.91 Å². The van der Waals surface area contributed by atoms with E-state index in [2.05, 4.69) is 10.1 Å². The maximum atomic E-state index is 10.5. The van der Waals surface area contributed by atoms with Crippen molar-refractivity contribution in [1.82, 2.24) is 14.8 Å². The number of aryl methyl sites for hydroxylation is 3. The predicted molar refractivity (Wildman–Crippen MR) is 43.3 cm³/mol. The molecule has 0 unspecified atom stereocenters. The largest absolute Gasteiger partial charge is 0.370 e. The first-order chi connectivity index (χ1) is 5.59. The topological polar surface area (TPSA) is 73.8 Å². The molecule has 1 amide bonds. The molecule has 66 valence electrons. The molecule has 5 nitrogen and oxygen atoms in total. The Morgan fingerprint density at radius 2 is 2.33 bits per heavy atom. The third-order valence-corrected chi connectivity index (χ3v) is 1.55. The molecule has 12 heavy (non-hydrogen) atoms. The summed E-state index contributed by atoms with van der Waals surface area (Å²) in [7, 11) is 1.80. The van der Waals surface area contributed by atoms with Crippen molar-refractivity contribution in [3.05, 3.63) is 11.6 Å². The first-order valence-electron chi connectivity index (χ1n) is 3.74. The van der Waals surface area contributed by atoms with E-state index in [0.29, 0.717) is 12.8 Å². The molecule has 0 atom stereocenters. The lowest BCUT2D eigenvalue weighted by Crippen LogP contribution is -2.12. The number of hydrogen-bond acceptors (Lipinski definition) is 3. The van der Waals surface area contributed by atoms with Gasteiger partial charge < -0.3 is 5.73 Å². The molecule has 2 N–H and O–H groups in total. The molecular weight excluding hydrogens is 156 g/mol. The zero-order chi connectivity index (χ0) is 9.14. The predicted octanol–water partition coefficient (Wildman–Crippen LogP) is -0.459. The molecule has 0 bridgehead atoms. The molecule has 1 aromatic rings. The van der Waals surface area contributed by atoms with Crippen LogP contribution in [-0.4, -0.2) is 20.7 Å². The monoisotopic (exact) mass is 168 g/mol. The summed E-state index contributed by atoms with van der Waals surface area (Å²) in [6, 6.07) is 0. The molecule has 0 saturated heterocycles. The molecule has 1 heterocycles. The highest BCUT2D eigenvalue weighted by Crippen LogP contribution is 1.98. The summed E-state index contributed by atoms with van der Waals surface area (Å²) in [5.74, 6) is 1.21. The van der Waals surface area contributed by atoms with Crippen molar-refractivity contribution in [1.29, 1.82) is 0 Å². The Balaban J connectivity index is 2.62. The van der Waals surface area contributed by atoms with Gasteiger partial charge in [0.15, 0.2) is 0 Å². The van der Waals surface area contributed by atoms with E-state index in [1.807, 2.05) is 6.92 Å².